The predicted molar refractivity (Wildman–Crippen MR) is 267 cm³/mol. The number of carbonyl (C=O) groups is 1. The highest BCUT2D eigenvalue weighted by Gasteiger charge is 2.65. The van der Waals surface area contributed by atoms with E-state index in [9.17, 15) is 14.6 Å². The fourth-order valence-electron chi connectivity index (χ4n) is 11.0. The summed E-state index contributed by atoms with van der Waals surface area (Å²) in [5.74, 6) is -0.695. The first-order valence-corrected chi connectivity index (χ1v) is 26.0. The van der Waals surface area contributed by atoms with E-state index in [4.69, 9.17) is 24.2 Å². The van der Waals surface area contributed by atoms with E-state index < -0.39 is 17.7 Å². The zero-order valence-corrected chi connectivity index (χ0v) is 40.7. The normalized spacial score (nSPS) is 23.3. The molecule has 0 bridgehead atoms. The topological polar surface area (TPSA) is 113 Å². The Morgan fingerprint density at radius 1 is 0.897 bits per heavy atom. The minimum atomic E-state index is -1.39. The van der Waals surface area contributed by atoms with Gasteiger partial charge in [0.2, 0.25) is 11.7 Å². The van der Waals surface area contributed by atoms with Gasteiger partial charge in [-0.15, -0.1) is 6.58 Å². The molecule has 4 aliphatic rings. The van der Waals surface area contributed by atoms with Crippen molar-refractivity contribution in [1.82, 2.24) is 9.80 Å². The summed E-state index contributed by atoms with van der Waals surface area (Å²) in [5.41, 5.74) is 4.56. The second kappa shape index (κ2) is 26.4. The molecule has 10 nitrogen and oxygen atoms in total. The van der Waals surface area contributed by atoms with Gasteiger partial charge in [0.25, 0.3) is 0 Å². The number of amides is 1. The molecule has 6 atom stereocenters. The fourth-order valence-corrected chi connectivity index (χ4v) is 11.0. The summed E-state index contributed by atoms with van der Waals surface area (Å²) in [6, 6.07) is 21.9. The van der Waals surface area contributed by atoms with Gasteiger partial charge in [0, 0.05) is 63.7 Å². The summed E-state index contributed by atoms with van der Waals surface area (Å²) in [5, 5.41) is 25.1. The first-order chi connectivity index (χ1) is 33.4. The number of allylic oxidation sites excluding steroid dienone is 1. The lowest BCUT2D eigenvalue weighted by atomic mass is 9.55. The minimum Gasteiger partial charge on any atom is -0.492 e. The first kappa shape index (κ1) is 51.3. The van der Waals surface area contributed by atoms with Crippen LogP contribution in [0.1, 0.15) is 139 Å². The molecule has 2 aliphatic heterocycles. The van der Waals surface area contributed by atoms with Gasteiger partial charge in [-0.1, -0.05) is 131 Å². The number of hydrogen-bond acceptors (Lipinski definition) is 9. The van der Waals surface area contributed by atoms with Crippen LogP contribution >= 0.6 is 0 Å². The van der Waals surface area contributed by atoms with Crippen molar-refractivity contribution in [2.75, 3.05) is 46.1 Å². The third-order valence-corrected chi connectivity index (χ3v) is 14.6. The maximum Gasteiger partial charge on any atom is 0.239 e. The molecule has 0 unspecified atom stereocenters. The van der Waals surface area contributed by atoms with Crippen LogP contribution in [0.4, 0.5) is 4.39 Å². The highest BCUT2D eigenvalue weighted by atomic mass is 19.1. The first-order valence-electron chi connectivity index (χ1n) is 26.0. The molecule has 0 spiro atoms. The third kappa shape index (κ3) is 13.6. The summed E-state index contributed by atoms with van der Waals surface area (Å²) in [7, 11) is 0. The number of halogens is 1. The molecule has 2 fully saturated rings. The summed E-state index contributed by atoms with van der Waals surface area (Å²) >= 11 is 0. The summed E-state index contributed by atoms with van der Waals surface area (Å²) in [4.78, 5) is 25.8. The summed E-state index contributed by atoms with van der Waals surface area (Å²) in [6.45, 7) is 10.9. The van der Waals surface area contributed by atoms with Gasteiger partial charge in [0.1, 0.15) is 36.6 Å². The lowest BCUT2D eigenvalue weighted by Gasteiger charge is -2.60. The molecule has 0 radical (unpaired) electrons. The van der Waals surface area contributed by atoms with Crippen molar-refractivity contribution in [2.45, 2.75) is 147 Å². The second-order valence-electron chi connectivity index (χ2n) is 19.4. The number of nitrogens with zero attached hydrogens (tertiary/aromatic N) is 3. The Morgan fingerprint density at radius 2 is 1.62 bits per heavy atom. The van der Waals surface area contributed by atoms with Crippen molar-refractivity contribution in [2.24, 2.45) is 22.9 Å². The molecule has 7 rings (SSSR count). The number of benzene rings is 3. The molecule has 3 aromatic rings. The Labute approximate surface area is 405 Å². The molecule has 3 aromatic carbocycles. The van der Waals surface area contributed by atoms with Crippen LogP contribution in [-0.2, 0) is 27.5 Å². The van der Waals surface area contributed by atoms with Crippen LogP contribution in [0.25, 0.3) is 0 Å². The van der Waals surface area contributed by atoms with Gasteiger partial charge in [-0.25, -0.2) is 4.39 Å². The number of oxime groups is 1. The Morgan fingerprint density at radius 3 is 2.32 bits per heavy atom. The molecular formula is C57H78FN3O7. The van der Waals surface area contributed by atoms with Crippen LogP contribution in [-0.4, -0.2) is 89.5 Å². The third-order valence-electron chi connectivity index (χ3n) is 14.6. The zero-order valence-electron chi connectivity index (χ0n) is 40.7. The van der Waals surface area contributed by atoms with Gasteiger partial charge in [0.05, 0.1) is 18.2 Å². The van der Waals surface area contributed by atoms with Crippen molar-refractivity contribution < 1.29 is 38.4 Å². The van der Waals surface area contributed by atoms with Gasteiger partial charge < -0.3 is 34.2 Å². The van der Waals surface area contributed by atoms with Crippen LogP contribution in [0.3, 0.4) is 0 Å². The average molecular weight is 936 g/mol. The number of aliphatic hydroxyl groups is 2. The molecule has 2 N–H and O–H groups in total. The van der Waals surface area contributed by atoms with E-state index in [1.165, 1.54) is 44.2 Å². The molecule has 2 heterocycles. The van der Waals surface area contributed by atoms with Crippen LogP contribution in [0.15, 0.2) is 102 Å². The van der Waals surface area contributed by atoms with Crippen molar-refractivity contribution in [3.63, 3.8) is 0 Å². The monoisotopic (exact) mass is 936 g/mol. The van der Waals surface area contributed by atoms with E-state index >= 15 is 4.79 Å². The number of hydrogen-bond donors (Lipinski definition) is 2. The largest absolute Gasteiger partial charge is 0.492 e. The van der Waals surface area contributed by atoms with E-state index in [1.807, 2.05) is 47.4 Å². The Balaban J connectivity index is 1.35. The lowest BCUT2D eigenvalue weighted by molar-refractivity contribution is -0.258. The van der Waals surface area contributed by atoms with Gasteiger partial charge in [0.15, 0.2) is 0 Å². The number of ether oxygens (including phenoxy) is 3. The number of aliphatic hydroxyl groups excluding tert-OH is 2. The van der Waals surface area contributed by atoms with Crippen molar-refractivity contribution in [1.29, 1.82) is 0 Å². The molecule has 1 amide bonds. The van der Waals surface area contributed by atoms with E-state index in [1.54, 1.807) is 18.2 Å². The van der Waals surface area contributed by atoms with E-state index in [0.29, 0.717) is 31.6 Å². The number of unbranched alkanes of at least 4 members (excludes halogenated alkanes) is 10. The van der Waals surface area contributed by atoms with Gasteiger partial charge in [-0.2, -0.15) is 0 Å². The zero-order chi connectivity index (χ0) is 47.6. The highest BCUT2D eigenvalue weighted by Crippen LogP contribution is 2.62. The second-order valence-corrected chi connectivity index (χ2v) is 19.4. The lowest BCUT2D eigenvalue weighted by Crippen LogP contribution is -2.70. The molecule has 68 heavy (non-hydrogen) atoms. The average Bonchev–Trinajstić information content (AvgIpc) is 4.19. The van der Waals surface area contributed by atoms with Gasteiger partial charge in [-0.3, -0.25) is 9.69 Å². The summed E-state index contributed by atoms with van der Waals surface area (Å²) in [6.07, 6.45) is 19.7. The number of fused-ring (bicyclic) bond motifs is 2. The molecule has 1 saturated heterocycles. The summed E-state index contributed by atoms with van der Waals surface area (Å²) < 4.78 is 35.7. The fraction of sp³-hybridized carbons (Fsp3) is 0.579. The maximum absolute atomic E-state index is 15.2. The molecule has 11 heteroatoms. The predicted octanol–water partition coefficient (Wildman–Crippen LogP) is 11.3. The standard InChI is InChI=1S/C57H78FN3O7/c1-3-5-6-7-8-9-10-11-15-24-54(64)61(41-43-25-27-46(58)28-26-43)53-40-51(59-67-42-44-20-13-12-14-21-44)49-38-45(22-16-18-34-62)48(23-17-19-35-63)55-50-39-47(65-37-33-60-31-32-60)29-30-52(50)68-57(53,56(49)55)66-36-4-2/h4,12-14,20-21,25-30,38-39,45,48,53,55-56,62-63H,2-3,5-11,15-19,22-24,31-37,40-42H2,1H3/t45-,48+,53-,55+,56+,57+/m0/s1. The minimum absolute atomic E-state index is 0.0147. The van der Waals surface area contributed by atoms with Crippen molar-refractivity contribution >= 4 is 11.6 Å². The van der Waals surface area contributed by atoms with Crippen LogP contribution in [0.5, 0.6) is 11.5 Å². The van der Waals surface area contributed by atoms with Crippen molar-refractivity contribution in [3.05, 3.63) is 120 Å². The van der Waals surface area contributed by atoms with Crippen LogP contribution in [0, 0.1) is 23.6 Å². The smallest absolute Gasteiger partial charge is 0.239 e. The van der Waals surface area contributed by atoms with E-state index in [-0.39, 0.29) is 68.9 Å². The molecule has 1 saturated carbocycles. The van der Waals surface area contributed by atoms with Gasteiger partial charge in [-0.05, 0) is 91.0 Å². The van der Waals surface area contributed by atoms with Gasteiger partial charge >= 0.3 is 0 Å². The molecular weight excluding hydrogens is 858 g/mol. The Bertz CT molecular complexity index is 2080. The molecule has 370 valence electrons. The van der Waals surface area contributed by atoms with Crippen molar-refractivity contribution in [3.8, 4) is 11.5 Å². The van der Waals surface area contributed by atoms with Crippen LogP contribution in [0.2, 0.25) is 0 Å². The molecule has 0 aromatic heterocycles. The number of rotatable bonds is 31. The van der Waals surface area contributed by atoms with E-state index in [2.05, 4.69) is 30.5 Å². The Hall–Kier alpha value is -4.55. The highest BCUT2D eigenvalue weighted by molar-refractivity contribution is 6.03. The Kier molecular flexibility index (Phi) is 19.9. The SMILES string of the molecule is C=CCO[C@@]12Oc3ccc(OCCN4CC4)cc3[C@H]3[C@H](CCCCO)[C@@H](CCCCO)C=C(C(=NOCc4ccccc4)C[C@@H]1N(Cc1ccc(F)cc1)C(=O)CCCCCCCCCCC)[C@H]32. The quantitative estimate of drug-likeness (QED) is 0.0284. The van der Waals surface area contributed by atoms with Crippen LogP contribution < -0.4 is 9.47 Å². The number of carbonyl (C=O) groups excluding carboxylic acids is 1. The molecule has 2 aliphatic carbocycles. The van der Waals surface area contributed by atoms with E-state index in [0.717, 1.165) is 105 Å². The maximum atomic E-state index is 15.2.